The van der Waals surface area contributed by atoms with E-state index in [0.29, 0.717) is 6.54 Å². The van der Waals surface area contributed by atoms with Crippen LogP contribution in [-0.2, 0) is 6.54 Å². The summed E-state index contributed by atoms with van der Waals surface area (Å²) in [5.74, 6) is 0. The van der Waals surface area contributed by atoms with Crippen molar-refractivity contribution in [2.24, 2.45) is 5.73 Å². The van der Waals surface area contributed by atoms with Crippen LogP contribution < -0.4 is 5.73 Å². The molecule has 2 nitrogen and oxygen atoms in total. The number of nitrogens with two attached hydrogens (primary N) is 1. The maximum atomic E-state index is 5.29. The molecule has 0 aliphatic carbocycles. The molecule has 0 aromatic carbocycles. The maximum absolute atomic E-state index is 5.29. The fourth-order valence-corrected chi connectivity index (χ4v) is 0.519. The maximum Gasteiger partial charge on any atom is 0.0539 e. The average molecular weight is 145 g/mol. The van der Waals surface area contributed by atoms with Crippen molar-refractivity contribution < 1.29 is 0 Å². The van der Waals surface area contributed by atoms with E-state index in [1.807, 2.05) is 18.2 Å². The first kappa shape index (κ1) is 8.40. The first-order chi connectivity index (χ1) is 3.93. The molecule has 1 aromatic rings. The van der Waals surface area contributed by atoms with E-state index in [2.05, 4.69) is 4.98 Å². The Hall–Kier alpha value is -0.600. The summed E-state index contributed by atoms with van der Waals surface area (Å²) in [6.07, 6.45) is 1.74. The SMILES string of the molecule is Cl.NCc1ccccn1. The molecule has 3 heteroatoms. The van der Waals surface area contributed by atoms with Gasteiger partial charge in [-0.25, -0.2) is 0 Å². The van der Waals surface area contributed by atoms with Crippen LogP contribution in [0.1, 0.15) is 5.69 Å². The second-order valence-corrected chi connectivity index (χ2v) is 1.53. The van der Waals surface area contributed by atoms with Gasteiger partial charge >= 0.3 is 0 Å². The van der Waals surface area contributed by atoms with Crippen molar-refractivity contribution in [1.29, 1.82) is 0 Å². The van der Waals surface area contributed by atoms with E-state index in [1.54, 1.807) is 6.20 Å². The van der Waals surface area contributed by atoms with Gasteiger partial charge in [-0.05, 0) is 12.1 Å². The fourth-order valence-electron chi connectivity index (χ4n) is 0.519. The molecule has 2 N–H and O–H groups in total. The molecule has 0 spiro atoms. The van der Waals surface area contributed by atoms with Crippen LogP contribution in [0.4, 0.5) is 0 Å². The molecule has 1 aromatic heterocycles. The monoisotopic (exact) mass is 144 g/mol. The number of halogens is 1. The Balaban J connectivity index is 0.000000640. The summed E-state index contributed by atoms with van der Waals surface area (Å²) in [4.78, 5) is 3.97. The minimum absolute atomic E-state index is 0. The van der Waals surface area contributed by atoms with Crippen LogP contribution in [0, 0.1) is 0 Å². The van der Waals surface area contributed by atoms with Gasteiger partial charge in [0, 0.05) is 12.7 Å². The summed E-state index contributed by atoms with van der Waals surface area (Å²) in [6, 6.07) is 5.70. The molecule has 0 aliphatic heterocycles. The molecule has 1 rings (SSSR count). The van der Waals surface area contributed by atoms with Crippen molar-refractivity contribution in [3.8, 4) is 0 Å². The van der Waals surface area contributed by atoms with Gasteiger partial charge in [0.25, 0.3) is 0 Å². The molecular weight excluding hydrogens is 136 g/mol. The third-order valence-corrected chi connectivity index (χ3v) is 0.935. The molecule has 50 valence electrons. The molecule has 9 heavy (non-hydrogen) atoms. The lowest BCUT2D eigenvalue weighted by Gasteiger charge is -1.89. The van der Waals surface area contributed by atoms with Crippen molar-refractivity contribution in [2.45, 2.75) is 6.54 Å². The van der Waals surface area contributed by atoms with Gasteiger partial charge in [0.05, 0.1) is 5.69 Å². The van der Waals surface area contributed by atoms with Crippen LogP contribution in [0.25, 0.3) is 0 Å². The Morgan fingerprint density at radius 1 is 1.44 bits per heavy atom. The third-order valence-electron chi connectivity index (χ3n) is 0.935. The highest BCUT2D eigenvalue weighted by atomic mass is 35.5. The molecule has 0 saturated heterocycles. The predicted octanol–water partition coefficient (Wildman–Crippen LogP) is 0.962. The number of hydrogen-bond donors (Lipinski definition) is 1. The zero-order valence-corrected chi connectivity index (χ0v) is 5.77. The van der Waals surface area contributed by atoms with Gasteiger partial charge in [-0.15, -0.1) is 12.4 Å². The topological polar surface area (TPSA) is 38.9 Å². The number of nitrogens with zero attached hydrogens (tertiary/aromatic N) is 1. The third kappa shape index (κ3) is 2.44. The van der Waals surface area contributed by atoms with Gasteiger partial charge < -0.3 is 5.73 Å². The largest absolute Gasteiger partial charge is 0.325 e. The smallest absolute Gasteiger partial charge is 0.0539 e. The summed E-state index contributed by atoms with van der Waals surface area (Å²) in [7, 11) is 0. The van der Waals surface area contributed by atoms with Crippen LogP contribution in [0.3, 0.4) is 0 Å². The molecule has 0 amide bonds. The summed E-state index contributed by atoms with van der Waals surface area (Å²) in [6.45, 7) is 0.529. The molecule has 0 unspecified atom stereocenters. The molecule has 0 bridgehead atoms. The molecule has 0 aliphatic rings. The average Bonchev–Trinajstić information content (AvgIpc) is 1.90. The molecule has 0 radical (unpaired) electrons. The van der Waals surface area contributed by atoms with Gasteiger partial charge in [0.2, 0.25) is 0 Å². The zero-order chi connectivity index (χ0) is 5.82. The van der Waals surface area contributed by atoms with Crippen molar-refractivity contribution in [3.05, 3.63) is 30.1 Å². The number of aromatic nitrogens is 1. The Bertz CT molecular complexity index is 152. The number of hydrogen-bond acceptors (Lipinski definition) is 2. The van der Waals surface area contributed by atoms with E-state index < -0.39 is 0 Å². The fraction of sp³-hybridized carbons (Fsp3) is 0.167. The Morgan fingerprint density at radius 2 is 2.22 bits per heavy atom. The lowest BCUT2D eigenvalue weighted by Crippen LogP contribution is -1.97. The van der Waals surface area contributed by atoms with E-state index in [9.17, 15) is 0 Å². The quantitative estimate of drug-likeness (QED) is 0.638. The van der Waals surface area contributed by atoms with Gasteiger partial charge in [-0.1, -0.05) is 6.07 Å². The molecule has 1 heterocycles. The zero-order valence-electron chi connectivity index (χ0n) is 4.95. The van der Waals surface area contributed by atoms with E-state index in [4.69, 9.17) is 5.73 Å². The van der Waals surface area contributed by atoms with E-state index >= 15 is 0 Å². The number of rotatable bonds is 1. The summed E-state index contributed by atoms with van der Waals surface area (Å²) in [5.41, 5.74) is 6.22. The van der Waals surface area contributed by atoms with E-state index in [-0.39, 0.29) is 12.4 Å². The highest BCUT2D eigenvalue weighted by molar-refractivity contribution is 5.85. The van der Waals surface area contributed by atoms with Gasteiger partial charge in [-0.2, -0.15) is 0 Å². The summed E-state index contributed by atoms with van der Waals surface area (Å²) >= 11 is 0. The molecular formula is C6H9ClN2. The van der Waals surface area contributed by atoms with Crippen LogP contribution in [-0.4, -0.2) is 4.98 Å². The Morgan fingerprint density at radius 3 is 2.56 bits per heavy atom. The molecule has 0 atom stereocenters. The highest BCUT2D eigenvalue weighted by Gasteiger charge is 1.81. The summed E-state index contributed by atoms with van der Waals surface area (Å²) in [5, 5.41) is 0. The van der Waals surface area contributed by atoms with Gasteiger partial charge in [-0.3, -0.25) is 4.98 Å². The van der Waals surface area contributed by atoms with Crippen molar-refractivity contribution in [3.63, 3.8) is 0 Å². The van der Waals surface area contributed by atoms with Crippen molar-refractivity contribution in [1.82, 2.24) is 4.98 Å². The standard InChI is InChI=1S/C6H8N2.ClH/c7-5-6-3-1-2-4-8-6;/h1-4H,5,7H2;1H. The minimum Gasteiger partial charge on any atom is -0.325 e. The van der Waals surface area contributed by atoms with E-state index in [0.717, 1.165) is 5.69 Å². The Labute approximate surface area is 60.5 Å². The second kappa shape index (κ2) is 4.30. The predicted molar refractivity (Wildman–Crippen MR) is 39.4 cm³/mol. The second-order valence-electron chi connectivity index (χ2n) is 1.53. The van der Waals surface area contributed by atoms with Gasteiger partial charge in [0.1, 0.15) is 0 Å². The lowest BCUT2D eigenvalue weighted by atomic mass is 10.4. The Kier molecular flexibility index (Phi) is 4.01. The first-order valence-corrected chi connectivity index (χ1v) is 2.53. The van der Waals surface area contributed by atoms with Crippen LogP contribution in [0.15, 0.2) is 24.4 Å². The van der Waals surface area contributed by atoms with Crippen LogP contribution in [0.5, 0.6) is 0 Å². The number of pyridine rings is 1. The molecule has 0 saturated carbocycles. The van der Waals surface area contributed by atoms with Crippen molar-refractivity contribution in [2.75, 3.05) is 0 Å². The minimum atomic E-state index is 0. The first-order valence-electron chi connectivity index (χ1n) is 2.53. The van der Waals surface area contributed by atoms with Crippen LogP contribution >= 0.6 is 12.4 Å². The highest BCUT2D eigenvalue weighted by Crippen LogP contribution is 1.88. The normalized spacial score (nSPS) is 8.11. The summed E-state index contributed by atoms with van der Waals surface area (Å²) < 4.78 is 0. The lowest BCUT2D eigenvalue weighted by molar-refractivity contribution is 0.991. The molecule has 0 fully saturated rings. The van der Waals surface area contributed by atoms with E-state index in [1.165, 1.54) is 0 Å². The van der Waals surface area contributed by atoms with Gasteiger partial charge in [0.15, 0.2) is 0 Å². The van der Waals surface area contributed by atoms with Crippen LogP contribution in [0.2, 0.25) is 0 Å². The van der Waals surface area contributed by atoms with Crippen molar-refractivity contribution >= 4 is 12.4 Å².